The van der Waals surface area contributed by atoms with Gasteiger partial charge in [-0.05, 0) is 44.0 Å². The van der Waals surface area contributed by atoms with Crippen LogP contribution < -0.4 is 10.1 Å². The number of piperidine rings is 1. The molecule has 1 aromatic rings. The van der Waals surface area contributed by atoms with Gasteiger partial charge in [0, 0.05) is 25.0 Å². The first-order chi connectivity index (χ1) is 10.4. The van der Waals surface area contributed by atoms with Crippen molar-refractivity contribution in [1.29, 1.82) is 0 Å². The Morgan fingerprint density at radius 3 is 2.90 bits per heavy atom. The fraction of sp³-hybridized carbons (Fsp3) is 0.667. The molecule has 1 aromatic carbocycles. The summed E-state index contributed by atoms with van der Waals surface area (Å²) in [7, 11) is 0. The van der Waals surface area contributed by atoms with E-state index in [-0.39, 0.29) is 0 Å². The third-order valence-electron chi connectivity index (χ3n) is 4.90. The Balaban J connectivity index is 1.61. The van der Waals surface area contributed by atoms with Gasteiger partial charge in [0.1, 0.15) is 5.75 Å². The number of benzene rings is 1. The van der Waals surface area contributed by atoms with E-state index >= 15 is 0 Å². The second-order valence-electron chi connectivity index (χ2n) is 6.37. The Hall–Kier alpha value is -1.06. The van der Waals surface area contributed by atoms with Gasteiger partial charge in [0.05, 0.1) is 6.61 Å². The SMILES string of the molecule is CCN(CC1CCCCN1)CC1CCOc2ccccc21. The highest BCUT2D eigenvalue weighted by molar-refractivity contribution is 5.37. The van der Waals surface area contributed by atoms with E-state index in [2.05, 4.69) is 41.4 Å². The molecule has 1 saturated heterocycles. The molecule has 2 heterocycles. The molecule has 2 aliphatic rings. The molecule has 0 saturated carbocycles. The highest BCUT2D eigenvalue weighted by atomic mass is 16.5. The van der Waals surface area contributed by atoms with Crippen molar-refractivity contribution in [3.05, 3.63) is 29.8 Å². The van der Waals surface area contributed by atoms with Gasteiger partial charge in [-0.2, -0.15) is 0 Å². The molecule has 0 bridgehead atoms. The molecule has 3 rings (SSSR count). The zero-order valence-corrected chi connectivity index (χ0v) is 13.2. The van der Waals surface area contributed by atoms with E-state index in [0.29, 0.717) is 12.0 Å². The van der Waals surface area contributed by atoms with Gasteiger partial charge in [-0.3, -0.25) is 0 Å². The predicted octanol–water partition coefficient (Wildman–Crippen LogP) is 3.02. The molecule has 0 spiro atoms. The Morgan fingerprint density at radius 1 is 1.19 bits per heavy atom. The predicted molar refractivity (Wildman–Crippen MR) is 87.1 cm³/mol. The summed E-state index contributed by atoms with van der Waals surface area (Å²) < 4.78 is 5.79. The lowest BCUT2D eigenvalue weighted by molar-refractivity contribution is 0.194. The summed E-state index contributed by atoms with van der Waals surface area (Å²) in [6.45, 7) is 7.83. The number of rotatable bonds is 5. The van der Waals surface area contributed by atoms with Gasteiger partial charge in [-0.15, -0.1) is 0 Å². The number of hydrogen-bond acceptors (Lipinski definition) is 3. The largest absolute Gasteiger partial charge is 0.493 e. The van der Waals surface area contributed by atoms with Crippen molar-refractivity contribution in [2.24, 2.45) is 0 Å². The average molecular weight is 288 g/mol. The zero-order chi connectivity index (χ0) is 14.5. The Kier molecular flexibility index (Phi) is 5.15. The summed E-state index contributed by atoms with van der Waals surface area (Å²) in [5.74, 6) is 1.72. The molecule has 1 N–H and O–H groups in total. The molecule has 0 aromatic heterocycles. The minimum atomic E-state index is 0.624. The van der Waals surface area contributed by atoms with Crippen LogP contribution in [0.2, 0.25) is 0 Å². The molecule has 2 unspecified atom stereocenters. The van der Waals surface area contributed by atoms with Gasteiger partial charge in [0.15, 0.2) is 0 Å². The molecule has 3 nitrogen and oxygen atoms in total. The maximum absolute atomic E-state index is 5.79. The molecule has 0 aliphatic carbocycles. The van der Waals surface area contributed by atoms with Crippen molar-refractivity contribution in [2.45, 2.75) is 44.6 Å². The second-order valence-corrected chi connectivity index (χ2v) is 6.37. The first-order valence-electron chi connectivity index (χ1n) is 8.54. The fourth-order valence-corrected chi connectivity index (χ4v) is 3.64. The van der Waals surface area contributed by atoms with Gasteiger partial charge in [-0.1, -0.05) is 31.5 Å². The lowest BCUT2D eigenvalue weighted by Crippen LogP contribution is -2.45. The van der Waals surface area contributed by atoms with E-state index in [4.69, 9.17) is 4.74 Å². The maximum Gasteiger partial charge on any atom is 0.122 e. The van der Waals surface area contributed by atoms with E-state index in [0.717, 1.165) is 31.9 Å². The van der Waals surface area contributed by atoms with Gasteiger partial charge in [-0.25, -0.2) is 0 Å². The van der Waals surface area contributed by atoms with E-state index in [1.807, 2.05) is 0 Å². The molecular weight excluding hydrogens is 260 g/mol. The third-order valence-corrected chi connectivity index (χ3v) is 4.90. The van der Waals surface area contributed by atoms with Crippen molar-refractivity contribution in [3.8, 4) is 5.75 Å². The number of nitrogens with one attached hydrogen (secondary N) is 1. The normalized spacial score (nSPS) is 25.4. The standard InChI is InChI=1S/C18H28N2O/c1-2-20(14-16-7-5-6-11-19-16)13-15-10-12-21-18-9-4-3-8-17(15)18/h3-4,8-9,15-16,19H,2,5-7,10-14H2,1H3. The van der Waals surface area contributed by atoms with Gasteiger partial charge in [0.25, 0.3) is 0 Å². The topological polar surface area (TPSA) is 24.5 Å². The number of fused-ring (bicyclic) bond motifs is 1. The number of hydrogen-bond donors (Lipinski definition) is 1. The monoisotopic (exact) mass is 288 g/mol. The lowest BCUT2D eigenvalue weighted by atomic mass is 9.92. The molecule has 3 heteroatoms. The smallest absolute Gasteiger partial charge is 0.122 e. The van der Waals surface area contributed by atoms with E-state index < -0.39 is 0 Å². The summed E-state index contributed by atoms with van der Waals surface area (Å²) in [6, 6.07) is 9.25. The van der Waals surface area contributed by atoms with Crippen LogP contribution >= 0.6 is 0 Å². The van der Waals surface area contributed by atoms with Crippen LogP contribution in [0.4, 0.5) is 0 Å². The van der Waals surface area contributed by atoms with Gasteiger partial charge >= 0.3 is 0 Å². The van der Waals surface area contributed by atoms with Gasteiger partial charge in [0.2, 0.25) is 0 Å². The maximum atomic E-state index is 5.79. The molecule has 2 aliphatic heterocycles. The first-order valence-corrected chi connectivity index (χ1v) is 8.54. The molecule has 116 valence electrons. The van der Waals surface area contributed by atoms with E-state index in [1.54, 1.807) is 0 Å². The van der Waals surface area contributed by atoms with Gasteiger partial charge < -0.3 is 15.0 Å². The minimum Gasteiger partial charge on any atom is -0.493 e. The number of para-hydroxylation sites is 1. The van der Waals surface area contributed by atoms with Crippen LogP contribution in [0, 0.1) is 0 Å². The molecular formula is C18H28N2O. The van der Waals surface area contributed by atoms with Crippen LogP contribution in [0.25, 0.3) is 0 Å². The van der Waals surface area contributed by atoms with Crippen molar-refractivity contribution < 1.29 is 4.74 Å². The minimum absolute atomic E-state index is 0.624. The van der Waals surface area contributed by atoms with E-state index in [9.17, 15) is 0 Å². The Labute approximate surface area is 128 Å². The second kappa shape index (κ2) is 7.28. The molecule has 2 atom stereocenters. The summed E-state index contributed by atoms with van der Waals surface area (Å²) in [5, 5.41) is 3.67. The van der Waals surface area contributed by atoms with Crippen LogP contribution in [0.15, 0.2) is 24.3 Å². The summed E-state index contributed by atoms with van der Waals surface area (Å²) in [5.41, 5.74) is 1.40. The zero-order valence-electron chi connectivity index (χ0n) is 13.2. The lowest BCUT2D eigenvalue weighted by Gasteiger charge is -2.34. The van der Waals surface area contributed by atoms with E-state index in [1.165, 1.54) is 37.9 Å². The average Bonchev–Trinajstić information content (AvgIpc) is 2.55. The van der Waals surface area contributed by atoms with Crippen LogP contribution in [0.1, 0.15) is 44.1 Å². The fourth-order valence-electron chi connectivity index (χ4n) is 3.64. The van der Waals surface area contributed by atoms with Crippen LogP contribution in [-0.2, 0) is 0 Å². The Morgan fingerprint density at radius 2 is 2.10 bits per heavy atom. The third kappa shape index (κ3) is 3.78. The van der Waals surface area contributed by atoms with Crippen LogP contribution in [0.5, 0.6) is 5.75 Å². The van der Waals surface area contributed by atoms with Crippen molar-refractivity contribution in [1.82, 2.24) is 10.2 Å². The van der Waals surface area contributed by atoms with Crippen LogP contribution in [0.3, 0.4) is 0 Å². The molecule has 0 amide bonds. The van der Waals surface area contributed by atoms with Crippen molar-refractivity contribution in [2.75, 3.05) is 32.8 Å². The molecule has 1 fully saturated rings. The number of nitrogens with zero attached hydrogens (tertiary/aromatic N) is 1. The van der Waals surface area contributed by atoms with Crippen molar-refractivity contribution in [3.63, 3.8) is 0 Å². The highest BCUT2D eigenvalue weighted by Gasteiger charge is 2.24. The number of ether oxygens (including phenoxy) is 1. The summed E-state index contributed by atoms with van der Waals surface area (Å²) >= 11 is 0. The number of likely N-dealkylation sites (N-methyl/N-ethyl adjacent to an activating group) is 1. The summed E-state index contributed by atoms with van der Waals surface area (Å²) in [6.07, 6.45) is 5.21. The highest BCUT2D eigenvalue weighted by Crippen LogP contribution is 2.33. The van der Waals surface area contributed by atoms with Crippen LogP contribution in [-0.4, -0.2) is 43.7 Å². The molecule has 0 radical (unpaired) electrons. The molecule has 21 heavy (non-hydrogen) atoms. The van der Waals surface area contributed by atoms with Crippen molar-refractivity contribution >= 4 is 0 Å². The quantitative estimate of drug-likeness (QED) is 0.901. The Bertz CT molecular complexity index is 443. The first kappa shape index (κ1) is 14.9. The summed E-state index contributed by atoms with van der Waals surface area (Å²) in [4.78, 5) is 2.62.